The standard InChI is InChI=1S/C28H35N7O2/c1-18-6-7-19(2)23(16-18)29-27(37)35-17-22-24(28(35,3)4)31-32-25(22)30-26(36)20-8-10-21(11-9-20)34-14-12-33(5)13-15-34/h6-11,16H,12-15,17H2,1-5H3,(H,29,37)(H2,30,31,32,36). The van der Waals surface area contributed by atoms with Crippen molar-refractivity contribution in [3.8, 4) is 0 Å². The Bertz CT molecular complexity index is 1320. The molecule has 194 valence electrons. The number of fused-ring (bicyclic) bond motifs is 1. The molecule has 9 nitrogen and oxygen atoms in total. The van der Waals surface area contributed by atoms with Crippen molar-refractivity contribution in [3.63, 3.8) is 0 Å². The quantitative estimate of drug-likeness (QED) is 0.495. The predicted molar refractivity (Wildman–Crippen MR) is 146 cm³/mol. The predicted octanol–water partition coefficient (Wildman–Crippen LogP) is 4.31. The van der Waals surface area contributed by atoms with Gasteiger partial charge in [0.15, 0.2) is 5.82 Å². The van der Waals surface area contributed by atoms with Gasteiger partial charge in [-0.1, -0.05) is 12.1 Å². The first-order chi connectivity index (χ1) is 17.6. The van der Waals surface area contributed by atoms with Crippen LogP contribution in [0.2, 0.25) is 0 Å². The molecule has 0 saturated carbocycles. The Morgan fingerprint density at radius 3 is 2.38 bits per heavy atom. The van der Waals surface area contributed by atoms with Gasteiger partial charge in [0.1, 0.15) is 0 Å². The molecule has 2 aromatic carbocycles. The number of hydrogen-bond donors (Lipinski definition) is 3. The maximum Gasteiger partial charge on any atom is 0.322 e. The molecule has 1 saturated heterocycles. The van der Waals surface area contributed by atoms with Gasteiger partial charge in [-0.2, -0.15) is 5.10 Å². The highest BCUT2D eigenvalue weighted by atomic mass is 16.2. The lowest BCUT2D eigenvalue weighted by atomic mass is 10.0. The van der Waals surface area contributed by atoms with Crippen LogP contribution in [0.3, 0.4) is 0 Å². The molecule has 0 bridgehead atoms. The smallest absolute Gasteiger partial charge is 0.322 e. The number of benzene rings is 2. The van der Waals surface area contributed by atoms with Gasteiger partial charge in [0.05, 0.1) is 17.8 Å². The molecule has 1 aromatic heterocycles. The number of H-pyrrole nitrogens is 1. The number of rotatable bonds is 4. The second-order valence-electron chi connectivity index (χ2n) is 10.6. The summed E-state index contributed by atoms with van der Waals surface area (Å²) in [6.45, 7) is 12.3. The molecule has 5 rings (SSSR count). The maximum atomic E-state index is 13.3. The lowest BCUT2D eigenvalue weighted by Gasteiger charge is -2.34. The van der Waals surface area contributed by atoms with Crippen molar-refractivity contribution >= 4 is 29.1 Å². The van der Waals surface area contributed by atoms with Crippen LogP contribution in [0.1, 0.15) is 46.6 Å². The number of nitrogens with zero attached hydrogens (tertiary/aromatic N) is 4. The van der Waals surface area contributed by atoms with Crippen LogP contribution in [0.25, 0.3) is 0 Å². The second kappa shape index (κ2) is 9.55. The molecule has 3 amide bonds. The zero-order valence-corrected chi connectivity index (χ0v) is 22.2. The SMILES string of the molecule is Cc1ccc(C)c(NC(=O)N2Cc3c(NC(=O)c4ccc(N5CCN(C)CC5)cc4)n[nH]c3C2(C)C)c1. The maximum absolute atomic E-state index is 13.3. The number of amides is 3. The second-order valence-corrected chi connectivity index (χ2v) is 10.6. The highest BCUT2D eigenvalue weighted by molar-refractivity contribution is 6.04. The van der Waals surface area contributed by atoms with Crippen LogP contribution < -0.4 is 15.5 Å². The zero-order valence-electron chi connectivity index (χ0n) is 22.2. The number of likely N-dealkylation sites (N-methyl/N-ethyl adjacent to an activating group) is 1. The summed E-state index contributed by atoms with van der Waals surface area (Å²) < 4.78 is 0. The lowest BCUT2D eigenvalue weighted by Crippen LogP contribution is -2.44. The topological polar surface area (TPSA) is 96.6 Å². The Kier molecular flexibility index (Phi) is 6.41. The Hall–Kier alpha value is -3.85. The molecule has 37 heavy (non-hydrogen) atoms. The van der Waals surface area contributed by atoms with E-state index in [1.807, 2.05) is 70.2 Å². The third-order valence-corrected chi connectivity index (χ3v) is 7.58. The summed E-state index contributed by atoms with van der Waals surface area (Å²) in [5, 5.41) is 13.4. The number of urea groups is 1. The van der Waals surface area contributed by atoms with Crippen LogP contribution in [-0.4, -0.2) is 65.2 Å². The monoisotopic (exact) mass is 501 g/mol. The number of carbonyl (C=O) groups excluding carboxylic acids is 2. The summed E-state index contributed by atoms with van der Waals surface area (Å²) in [5.41, 5.74) is 5.60. The summed E-state index contributed by atoms with van der Waals surface area (Å²) >= 11 is 0. The Morgan fingerprint density at radius 2 is 1.68 bits per heavy atom. The summed E-state index contributed by atoms with van der Waals surface area (Å²) in [4.78, 5) is 32.7. The number of aryl methyl sites for hydroxylation is 2. The number of aromatic nitrogens is 2. The highest BCUT2D eigenvalue weighted by Gasteiger charge is 2.44. The molecular formula is C28H35N7O2. The number of hydrogen-bond acceptors (Lipinski definition) is 5. The highest BCUT2D eigenvalue weighted by Crippen LogP contribution is 2.41. The molecule has 0 unspecified atom stereocenters. The van der Waals surface area contributed by atoms with E-state index in [-0.39, 0.29) is 11.9 Å². The molecule has 1 fully saturated rings. The number of aromatic amines is 1. The van der Waals surface area contributed by atoms with Gasteiger partial charge in [-0.05, 0) is 76.2 Å². The summed E-state index contributed by atoms with van der Waals surface area (Å²) in [5.74, 6) is 0.230. The summed E-state index contributed by atoms with van der Waals surface area (Å²) in [6.07, 6.45) is 0. The molecule has 9 heteroatoms. The van der Waals surface area contributed by atoms with Gasteiger partial charge < -0.3 is 25.3 Å². The van der Waals surface area contributed by atoms with E-state index in [0.717, 1.165) is 59.9 Å². The van der Waals surface area contributed by atoms with Crippen LogP contribution in [0.4, 0.5) is 22.0 Å². The van der Waals surface area contributed by atoms with E-state index < -0.39 is 5.54 Å². The van der Waals surface area contributed by atoms with Crippen molar-refractivity contribution in [1.82, 2.24) is 20.0 Å². The molecular weight excluding hydrogens is 466 g/mol. The Morgan fingerprint density at radius 1 is 0.973 bits per heavy atom. The van der Waals surface area contributed by atoms with Gasteiger partial charge in [0.2, 0.25) is 0 Å². The van der Waals surface area contributed by atoms with Crippen LogP contribution in [0.5, 0.6) is 0 Å². The largest absolute Gasteiger partial charge is 0.369 e. The Labute approximate surface area is 217 Å². The van der Waals surface area contributed by atoms with Gasteiger partial charge in [0, 0.05) is 48.7 Å². The van der Waals surface area contributed by atoms with Crippen molar-refractivity contribution in [3.05, 3.63) is 70.4 Å². The van der Waals surface area contributed by atoms with Crippen molar-refractivity contribution < 1.29 is 9.59 Å². The average Bonchev–Trinajstić information content (AvgIpc) is 3.39. The van der Waals surface area contributed by atoms with Gasteiger partial charge in [-0.15, -0.1) is 0 Å². The first kappa shape index (κ1) is 24.8. The third-order valence-electron chi connectivity index (χ3n) is 7.58. The number of anilines is 3. The van der Waals surface area contributed by atoms with Crippen molar-refractivity contribution in [2.24, 2.45) is 0 Å². The molecule has 2 aliphatic rings. The minimum absolute atomic E-state index is 0.194. The van der Waals surface area contributed by atoms with E-state index in [9.17, 15) is 9.59 Å². The van der Waals surface area contributed by atoms with Gasteiger partial charge in [0.25, 0.3) is 5.91 Å². The van der Waals surface area contributed by atoms with Crippen LogP contribution in [-0.2, 0) is 12.1 Å². The number of carbonyl (C=O) groups is 2. The fourth-order valence-electron chi connectivity index (χ4n) is 5.07. The van der Waals surface area contributed by atoms with Crippen LogP contribution in [0, 0.1) is 13.8 Å². The Balaban J connectivity index is 1.28. The normalized spacial score (nSPS) is 17.0. The van der Waals surface area contributed by atoms with Crippen molar-refractivity contribution in [2.75, 3.05) is 48.8 Å². The summed E-state index contributed by atoms with van der Waals surface area (Å²) in [6, 6.07) is 13.5. The molecule has 0 aliphatic carbocycles. The summed E-state index contributed by atoms with van der Waals surface area (Å²) in [7, 11) is 2.13. The molecule has 3 aromatic rings. The molecule has 0 spiro atoms. The van der Waals surface area contributed by atoms with E-state index in [1.165, 1.54) is 0 Å². The van der Waals surface area contributed by atoms with Gasteiger partial charge >= 0.3 is 6.03 Å². The van der Waals surface area contributed by atoms with Crippen LogP contribution in [0.15, 0.2) is 42.5 Å². The van der Waals surface area contributed by atoms with Crippen molar-refractivity contribution in [1.29, 1.82) is 0 Å². The van der Waals surface area contributed by atoms with E-state index in [0.29, 0.717) is 17.9 Å². The van der Waals surface area contributed by atoms with Gasteiger partial charge in [-0.3, -0.25) is 9.89 Å². The average molecular weight is 502 g/mol. The van der Waals surface area contributed by atoms with Gasteiger partial charge in [-0.25, -0.2) is 4.79 Å². The van der Waals surface area contributed by atoms with E-state index >= 15 is 0 Å². The first-order valence-corrected chi connectivity index (χ1v) is 12.7. The van der Waals surface area contributed by atoms with E-state index in [2.05, 4.69) is 37.7 Å². The fourth-order valence-corrected chi connectivity index (χ4v) is 5.07. The minimum Gasteiger partial charge on any atom is -0.369 e. The van der Waals surface area contributed by atoms with E-state index in [4.69, 9.17) is 0 Å². The zero-order chi connectivity index (χ0) is 26.3. The third kappa shape index (κ3) is 4.79. The molecule has 3 N–H and O–H groups in total. The van der Waals surface area contributed by atoms with Crippen molar-refractivity contribution in [2.45, 2.75) is 39.8 Å². The molecule has 0 atom stereocenters. The van der Waals surface area contributed by atoms with Crippen LogP contribution >= 0.6 is 0 Å². The minimum atomic E-state index is -0.614. The first-order valence-electron chi connectivity index (χ1n) is 12.7. The number of piperazine rings is 1. The molecule has 2 aliphatic heterocycles. The molecule has 0 radical (unpaired) electrons. The molecule has 3 heterocycles. The number of nitrogens with one attached hydrogen (secondary N) is 3. The fraction of sp³-hybridized carbons (Fsp3) is 0.393. The lowest BCUT2D eigenvalue weighted by molar-refractivity contribution is 0.102. The van der Waals surface area contributed by atoms with E-state index in [1.54, 1.807) is 4.90 Å².